The zero-order valence-electron chi connectivity index (χ0n) is 11.0. The zero-order valence-corrected chi connectivity index (χ0v) is 11.7. The minimum absolute atomic E-state index is 0.221. The van der Waals surface area contributed by atoms with Crippen LogP contribution in [-0.2, 0) is 0 Å². The van der Waals surface area contributed by atoms with Gasteiger partial charge in [-0.15, -0.1) is 0 Å². The van der Waals surface area contributed by atoms with Gasteiger partial charge in [-0.1, -0.05) is 11.6 Å². The van der Waals surface area contributed by atoms with Crippen molar-refractivity contribution in [3.8, 4) is 17.0 Å². The number of rotatable bonds is 4. The normalized spacial score (nSPS) is 10.9. The van der Waals surface area contributed by atoms with Crippen LogP contribution < -0.4 is 10.5 Å². The van der Waals surface area contributed by atoms with Crippen LogP contribution in [0.2, 0.25) is 5.02 Å². The molecule has 0 spiro atoms. The summed E-state index contributed by atoms with van der Waals surface area (Å²) >= 11 is 5.66. The van der Waals surface area contributed by atoms with Crippen molar-refractivity contribution < 1.29 is 32.2 Å². The molecule has 10 heteroatoms. The first-order valence-corrected chi connectivity index (χ1v) is 6.22. The molecule has 23 heavy (non-hydrogen) atoms. The van der Waals surface area contributed by atoms with E-state index in [2.05, 4.69) is 9.72 Å². The number of aromatic nitrogens is 1. The van der Waals surface area contributed by atoms with Gasteiger partial charge in [-0.2, -0.15) is 8.78 Å². The van der Waals surface area contributed by atoms with Crippen LogP contribution in [0.4, 0.5) is 23.2 Å². The minimum Gasteiger partial charge on any atom is -0.476 e. The van der Waals surface area contributed by atoms with Gasteiger partial charge in [0.15, 0.2) is 17.3 Å². The van der Waals surface area contributed by atoms with E-state index < -0.39 is 41.2 Å². The van der Waals surface area contributed by atoms with Crippen LogP contribution in [0.5, 0.6) is 5.75 Å². The smallest absolute Gasteiger partial charge is 0.387 e. The van der Waals surface area contributed by atoms with E-state index >= 15 is 0 Å². The maximum Gasteiger partial charge on any atom is 0.387 e. The molecule has 2 rings (SSSR count). The summed E-state index contributed by atoms with van der Waals surface area (Å²) in [5, 5.41) is 8.59. The van der Waals surface area contributed by atoms with Gasteiger partial charge in [0, 0.05) is 11.6 Å². The van der Waals surface area contributed by atoms with Gasteiger partial charge in [0.25, 0.3) is 0 Å². The van der Waals surface area contributed by atoms with Crippen molar-refractivity contribution in [2.45, 2.75) is 6.61 Å². The van der Waals surface area contributed by atoms with Crippen molar-refractivity contribution in [2.24, 2.45) is 0 Å². The van der Waals surface area contributed by atoms with Crippen LogP contribution in [0, 0.1) is 11.6 Å². The second-order valence-corrected chi connectivity index (χ2v) is 4.58. The van der Waals surface area contributed by atoms with E-state index in [9.17, 15) is 22.4 Å². The van der Waals surface area contributed by atoms with Gasteiger partial charge in [-0.05, 0) is 12.1 Å². The number of hydrogen-bond donors (Lipinski definition) is 2. The molecule has 1 aromatic carbocycles. The van der Waals surface area contributed by atoms with E-state index in [1.807, 2.05) is 0 Å². The number of hydrogen-bond acceptors (Lipinski definition) is 4. The summed E-state index contributed by atoms with van der Waals surface area (Å²) < 4.78 is 55.6. The molecule has 0 saturated carbocycles. The number of ether oxygens (including phenoxy) is 1. The van der Waals surface area contributed by atoms with Crippen molar-refractivity contribution in [2.75, 3.05) is 5.73 Å². The number of anilines is 1. The molecule has 1 aromatic heterocycles. The number of halogens is 5. The molecule has 0 saturated heterocycles. The molecule has 0 atom stereocenters. The fraction of sp³-hybridized carbons (Fsp3) is 0.0769. The Hall–Kier alpha value is -2.55. The second-order valence-electron chi connectivity index (χ2n) is 4.21. The Labute approximate surface area is 131 Å². The summed E-state index contributed by atoms with van der Waals surface area (Å²) in [7, 11) is 0. The summed E-state index contributed by atoms with van der Waals surface area (Å²) in [6.07, 6.45) is 0. The lowest BCUT2D eigenvalue weighted by atomic mass is 10.1. The lowest BCUT2D eigenvalue weighted by molar-refractivity contribution is -0.0523. The highest BCUT2D eigenvalue weighted by atomic mass is 35.5. The van der Waals surface area contributed by atoms with E-state index in [-0.39, 0.29) is 16.4 Å². The number of nitrogens with two attached hydrogens (primary N) is 1. The third-order valence-electron chi connectivity index (χ3n) is 2.70. The molecule has 0 fully saturated rings. The predicted octanol–water partition coefficient (Wildman–Crippen LogP) is 3.56. The quantitative estimate of drug-likeness (QED) is 0.823. The summed E-state index contributed by atoms with van der Waals surface area (Å²) in [6.45, 7) is -3.34. The topological polar surface area (TPSA) is 85.4 Å². The maximum atomic E-state index is 14.0. The molecule has 3 N–H and O–H groups in total. The summed E-state index contributed by atoms with van der Waals surface area (Å²) in [5.41, 5.74) is 3.81. The van der Waals surface area contributed by atoms with Crippen molar-refractivity contribution in [1.82, 2.24) is 4.98 Å². The Morgan fingerprint density at radius 2 is 1.91 bits per heavy atom. The maximum absolute atomic E-state index is 14.0. The lowest BCUT2D eigenvalue weighted by Crippen LogP contribution is -2.07. The molecule has 0 aliphatic rings. The van der Waals surface area contributed by atoms with Gasteiger partial charge in [-0.25, -0.2) is 18.6 Å². The number of benzene rings is 1. The number of alkyl halides is 2. The Balaban J connectivity index is 2.59. The van der Waals surface area contributed by atoms with Gasteiger partial charge < -0.3 is 15.6 Å². The SMILES string of the molecule is Nc1cc(-c2cc(F)c(OC(F)F)cc2F)nc(C(=O)O)c1Cl. The highest BCUT2D eigenvalue weighted by Gasteiger charge is 2.20. The van der Waals surface area contributed by atoms with E-state index in [4.69, 9.17) is 22.4 Å². The zero-order chi connectivity index (χ0) is 17.3. The molecule has 1 heterocycles. The number of nitrogens with zero attached hydrogens (tertiary/aromatic N) is 1. The fourth-order valence-corrected chi connectivity index (χ4v) is 1.92. The molecule has 0 amide bonds. The van der Waals surface area contributed by atoms with Crippen molar-refractivity contribution in [1.29, 1.82) is 0 Å². The fourth-order valence-electron chi connectivity index (χ4n) is 1.74. The van der Waals surface area contributed by atoms with Gasteiger partial charge in [0.2, 0.25) is 0 Å². The Morgan fingerprint density at radius 3 is 2.48 bits per heavy atom. The highest BCUT2D eigenvalue weighted by Crippen LogP contribution is 2.32. The van der Waals surface area contributed by atoms with Crippen LogP contribution in [-0.4, -0.2) is 22.7 Å². The number of carboxylic acids is 1. The number of aromatic carboxylic acids is 1. The van der Waals surface area contributed by atoms with Crippen molar-refractivity contribution >= 4 is 23.3 Å². The first kappa shape index (κ1) is 16.8. The van der Waals surface area contributed by atoms with Crippen molar-refractivity contribution in [3.05, 3.63) is 40.6 Å². The minimum atomic E-state index is -3.34. The molecule has 2 aromatic rings. The number of pyridine rings is 1. The molecular weight excluding hydrogens is 344 g/mol. The predicted molar refractivity (Wildman–Crippen MR) is 72.6 cm³/mol. The van der Waals surface area contributed by atoms with Crippen LogP contribution in [0.3, 0.4) is 0 Å². The first-order chi connectivity index (χ1) is 10.7. The summed E-state index contributed by atoms with van der Waals surface area (Å²) in [4.78, 5) is 14.6. The molecule has 0 aliphatic heterocycles. The van der Waals surface area contributed by atoms with Gasteiger partial charge >= 0.3 is 12.6 Å². The number of carbonyl (C=O) groups is 1. The molecule has 5 nitrogen and oxygen atoms in total. The molecule has 0 unspecified atom stereocenters. The average molecular weight is 351 g/mol. The Kier molecular flexibility index (Phi) is 4.60. The van der Waals surface area contributed by atoms with Crippen LogP contribution in [0.25, 0.3) is 11.3 Å². The third kappa shape index (κ3) is 3.45. The van der Waals surface area contributed by atoms with Gasteiger partial charge in [0.05, 0.1) is 16.4 Å². The van der Waals surface area contributed by atoms with E-state index in [1.165, 1.54) is 0 Å². The molecule has 0 radical (unpaired) electrons. The van der Waals surface area contributed by atoms with Crippen LogP contribution in [0.1, 0.15) is 10.5 Å². The largest absolute Gasteiger partial charge is 0.476 e. The average Bonchev–Trinajstić information content (AvgIpc) is 2.44. The standard InChI is InChI=1S/C13H7ClF4N2O3/c14-10-7(19)3-8(20-11(10)12(21)22)4-1-6(16)9(2-5(4)15)23-13(17)18/h1-3,13H,(H2,19,20)(H,21,22). The Morgan fingerprint density at radius 1 is 1.26 bits per heavy atom. The second kappa shape index (κ2) is 6.29. The van der Waals surface area contributed by atoms with E-state index in [1.54, 1.807) is 0 Å². The number of carboxylic acid groups (broad SMARTS) is 1. The van der Waals surface area contributed by atoms with Crippen LogP contribution in [0.15, 0.2) is 18.2 Å². The molecule has 0 aliphatic carbocycles. The van der Waals surface area contributed by atoms with E-state index in [0.717, 1.165) is 6.07 Å². The monoisotopic (exact) mass is 350 g/mol. The summed E-state index contributed by atoms with van der Waals surface area (Å²) in [6, 6.07) is 1.96. The highest BCUT2D eigenvalue weighted by molar-refractivity contribution is 6.35. The first-order valence-electron chi connectivity index (χ1n) is 5.84. The number of nitrogen functional groups attached to an aromatic ring is 1. The van der Waals surface area contributed by atoms with E-state index in [0.29, 0.717) is 12.1 Å². The lowest BCUT2D eigenvalue weighted by Gasteiger charge is -2.10. The van der Waals surface area contributed by atoms with Crippen LogP contribution >= 0.6 is 11.6 Å². The molecule has 122 valence electrons. The molecular formula is C13H7ClF4N2O3. The molecule has 0 bridgehead atoms. The summed E-state index contributed by atoms with van der Waals surface area (Å²) in [5.74, 6) is -4.97. The van der Waals surface area contributed by atoms with Gasteiger partial charge in [-0.3, -0.25) is 0 Å². The van der Waals surface area contributed by atoms with Gasteiger partial charge in [0.1, 0.15) is 5.82 Å². The van der Waals surface area contributed by atoms with Crippen molar-refractivity contribution in [3.63, 3.8) is 0 Å². The third-order valence-corrected chi connectivity index (χ3v) is 3.10. The Bertz CT molecular complexity index is 786.